The summed E-state index contributed by atoms with van der Waals surface area (Å²) in [6, 6.07) is 28.5. The molecule has 1 aliphatic rings. The van der Waals surface area contributed by atoms with Crippen molar-refractivity contribution in [2.24, 2.45) is 4.40 Å². The molecule has 0 amide bonds. The summed E-state index contributed by atoms with van der Waals surface area (Å²) in [5.41, 5.74) is 1.99. The molecule has 0 saturated heterocycles. The zero-order valence-corrected chi connectivity index (χ0v) is 19.6. The molecular weight excluding hydrogens is 436 g/mol. The lowest BCUT2D eigenvalue weighted by molar-refractivity contribution is 0.304. The van der Waals surface area contributed by atoms with Crippen LogP contribution in [0.1, 0.15) is 0 Å². The molecule has 0 radical (unpaired) electrons. The largest absolute Gasteiger partial charge is 0.497 e. The molecule has 0 aliphatic heterocycles. The molecule has 0 aromatic heterocycles. The predicted octanol–water partition coefficient (Wildman–Crippen LogP) is 6.83. The van der Waals surface area contributed by atoms with E-state index in [9.17, 15) is 0 Å². The van der Waals surface area contributed by atoms with Crippen LogP contribution >= 0.6 is 23.9 Å². The van der Waals surface area contributed by atoms with Crippen LogP contribution in [0.15, 0.2) is 123 Å². The number of ether oxygens (including phenoxy) is 2. The van der Waals surface area contributed by atoms with Gasteiger partial charge in [-0.15, -0.1) is 0 Å². The van der Waals surface area contributed by atoms with Crippen LogP contribution in [-0.2, 0) is 4.74 Å². The maximum absolute atomic E-state index is 5.56. The second kappa shape index (κ2) is 11.0. The Balaban J connectivity index is 1.71. The van der Waals surface area contributed by atoms with Gasteiger partial charge >= 0.3 is 0 Å². The highest BCUT2D eigenvalue weighted by molar-refractivity contribution is 8.00. The van der Waals surface area contributed by atoms with E-state index in [2.05, 4.69) is 46.8 Å². The number of rotatable bonds is 8. The first-order valence-corrected chi connectivity index (χ1v) is 11.7. The molecule has 1 unspecified atom stereocenters. The molecule has 0 fully saturated rings. The Kier molecular flexibility index (Phi) is 7.59. The smallest absolute Gasteiger partial charge is 0.119 e. The third kappa shape index (κ3) is 5.58. The van der Waals surface area contributed by atoms with Gasteiger partial charge in [0, 0.05) is 27.4 Å². The van der Waals surface area contributed by atoms with Crippen LogP contribution in [0.5, 0.6) is 5.75 Å². The summed E-state index contributed by atoms with van der Waals surface area (Å²) in [6.45, 7) is 0. The highest BCUT2D eigenvalue weighted by atomic mass is 32.2. The van der Waals surface area contributed by atoms with E-state index < -0.39 is 0 Å². The Hall–Kier alpha value is -3.09. The van der Waals surface area contributed by atoms with Gasteiger partial charge in [0.25, 0.3) is 0 Å². The van der Waals surface area contributed by atoms with Crippen LogP contribution in [0.4, 0.5) is 5.69 Å². The molecule has 6 heteroatoms. The molecule has 162 valence electrons. The van der Waals surface area contributed by atoms with Gasteiger partial charge in [-0.2, -0.15) is 0 Å². The normalized spacial score (nSPS) is 16.5. The Morgan fingerprint density at radius 3 is 2.03 bits per heavy atom. The van der Waals surface area contributed by atoms with Crippen LogP contribution < -0.4 is 9.04 Å². The Morgan fingerprint density at radius 1 is 0.750 bits per heavy atom. The molecule has 4 rings (SSSR count). The monoisotopic (exact) mass is 460 g/mol. The number of benzene rings is 3. The lowest BCUT2D eigenvalue weighted by atomic mass is 10.0. The number of nitrogens with zero attached hydrogens (tertiary/aromatic N) is 2. The number of hydrogen-bond donors (Lipinski definition) is 0. The van der Waals surface area contributed by atoms with Gasteiger partial charge in [0.2, 0.25) is 0 Å². The molecule has 3 aromatic rings. The van der Waals surface area contributed by atoms with Crippen LogP contribution in [0.2, 0.25) is 0 Å². The van der Waals surface area contributed by atoms with Crippen LogP contribution in [-0.4, -0.2) is 26.0 Å². The van der Waals surface area contributed by atoms with E-state index in [4.69, 9.17) is 13.9 Å². The number of hydrogen-bond acceptors (Lipinski definition) is 6. The molecule has 0 spiro atoms. The third-order valence-electron chi connectivity index (χ3n) is 4.81. The highest BCUT2D eigenvalue weighted by Crippen LogP contribution is 2.35. The number of methoxy groups -OCH3 is 2. The van der Waals surface area contributed by atoms with E-state index in [0.717, 1.165) is 32.7 Å². The van der Waals surface area contributed by atoms with Crippen LogP contribution in [0.25, 0.3) is 0 Å². The quantitative estimate of drug-likeness (QED) is 0.344. The zero-order valence-electron chi connectivity index (χ0n) is 17.9. The molecule has 0 N–H and O–H groups in total. The van der Waals surface area contributed by atoms with E-state index in [1.807, 2.05) is 60.7 Å². The van der Waals surface area contributed by atoms with Crippen molar-refractivity contribution in [1.29, 1.82) is 0 Å². The predicted molar refractivity (Wildman–Crippen MR) is 136 cm³/mol. The molecule has 4 nitrogen and oxygen atoms in total. The summed E-state index contributed by atoms with van der Waals surface area (Å²) in [6.07, 6.45) is 6.09. The lowest BCUT2D eigenvalue weighted by Crippen LogP contribution is -2.36. The maximum atomic E-state index is 5.56. The van der Waals surface area contributed by atoms with Crippen molar-refractivity contribution in [3.05, 3.63) is 109 Å². The Labute approximate surface area is 197 Å². The minimum Gasteiger partial charge on any atom is -0.497 e. The summed E-state index contributed by atoms with van der Waals surface area (Å²) < 4.78 is 18.1. The standard InChI is InChI=1S/C26H24N2O2S2/c1-29-21-15-13-20(14-16-21)28(32-24-11-7-4-8-12-24)26-19-22(30-2)17-18-25(26)27-31-23-9-5-3-6-10-23/h3-19,26H,1-2H3/b27-25-. The minimum atomic E-state index is -0.121. The topological polar surface area (TPSA) is 34.1 Å². The molecular formula is C26H24N2O2S2. The molecule has 0 heterocycles. The zero-order chi connectivity index (χ0) is 22.2. The molecule has 0 bridgehead atoms. The first kappa shape index (κ1) is 22.1. The van der Waals surface area contributed by atoms with Gasteiger partial charge in [0.05, 0.1) is 19.9 Å². The molecule has 1 aliphatic carbocycles. The lowest BCUT2D eigenvalue weighted by Gasteiger charge is -2.32. The average molecular weight is 461 g/mol. The van der Waals surface area contributed by atoms with E-state index in [1.54, 1.807) is 26.2 Å². The number of allylic oxidation sites excluding steroid dienone is 1. The highest BCUT2D eigenvalue weighted by Gasteiger charge is 2.26. The summed E-state index contributed by atoms with van der Waals surface area (Å²) in [5, 5.41) is 0. The van der Waals surface area contributed by atoms with Crippen molar-refractivity contribution < 1.29 is 9.47 Å². The van der Waals surface area contributed by atoms with E-state index in [0.29, 0.717) is 0 Å². The summed E-state index contributed by atoms with van der Waals surface area (Å²) in [7, 11) is 3.37. The Morgan fingerprint density at radius 2 is 1.41 bits per heavy atom. The minimum absolute atomic E-state index is 0.121. The van der Waals surface area contributed by atoms with Gasteiger partial charge in [0.1, 0.15) is 17.6 Å². The van der Waals surface area contributed by atoms with Crippen LogP contribution in [0, 0.1) is 0 Å². The van der Waals surface area contributed by atoms with Crippen molar-refractivity contribution in [2.45, 2.75) is 15.8 Å². The summed E-state index contributed by atoms with van der Waals surface area (Å²) in [4.78, 5) is 2.24. The van der Waals surface area contributed by atoms with E-state index >= 15 is 0 Å². The fourth-order valence-electron chi connectivity index (χ4n) is 3.15. The maximum Gasteiger partial charge on any atom is 0.119 e. The van der Waals surface area contributed by atoms with Gasteiger partial charge < -0.3 is 9.47 Å². The van der Waals surface area contributed by atoms with Crippen molar-refractivity contribution in [3.63, 3.8) is 0 Å². The van der Waals surface area contributed by atoms with Gasteiger partial charge in [-0.3, -0.25) is 4.31 Å². The third-order valence-corrected chi connectivity index (χ3v) is 6.71. The summed E-state index contributed by atoms with van der Waals surface area (Å²) in [5.74, 6) is 1.63. The molecule has 3 aromatic carbocycles. The van der Waals surface area contributed by atoms with Gasteiger partial charge in [-0.1, -0.05) is 36.4 Å². The molecule has 0 saturated carbocycles. The van der Waals surface area contributed by atoms with Crippen molar-refractivity contribution in [2.75, 3.05) is 18.5 Å². The van der Waals surface area contributed by atoms with Gasteiger partial charge in [-0.05, 0) is 78.7 Å². The van der Waals surface area contributed by atoms with Crippen LogP contribution in [0.3, 0.4) is 0 Å². The first-order chi connectivity index (χ1) is 15.8. The SMILES string of the molecule is COC1=CC(N(Sc2ccccc2)c2ccc(OC)cc2)/C(=N\Sc2ccccc2)C=C1. The second-order valence-electron chi connectivity index (χ2n) is 6.90. The van der Waals surface area contributed by atoms with E-state index in [-0.39, 0.29) is 6.04 Å². The first-order valence-electron chi connectivity index (χ1n) is 10.2. The Bertz CT molecular complexity index is 1100. The van der Waals surface area contributed by atoms with E-state index in [1.165, 1.54) is 11.9 Å². The summed E-state index contributed by atoms with van der Waals surface area (Å²) >= 11 is 3.14. The van der Waals surface area contributed by atoms with Gasteiger partial charge in [-0.25, -0.2) is 4.40 Å². The fraction of sp³-hybridized carbons (Fsp3) is 0.115. The average Bonchev–Trinajstić information content (AvgIpc) is 2.87. The van der Waals surface area contributed by atoms with Crippen molar-refractivity contribution in [3.8, 4) is 5.75 Å². The van der Waals surface area contributed by atoms with Crippen molar-refractivity contribution >= 4 is 35.3 Å². The van der Waals surface area contributed by atoms with Crippen molar-refractivity contribution in [1.82, 2.24) is 0 Å². The molecule has 1 atom stereocenters. The molecule has 32 heavy (non-hydrogen) atoms. The van der Waals surface area contributed by atoms with Gasteiger partial charge in [0.15, 0.2) is 0 Å². The fourth-order valence-corrected chi connectivity index (χ4v) is 4.83. The number of anilines is 1. The second-order valence-corrected chi connectivity index (χ2v) is 8.78.